The molecule has 0 spiro atoms. The lowest BCUT2D eigenvalue weighted by Crippen LogP contribution is -2.23. The Kier molecular flexibility index (Phi) is 6.57. The van der Waals surface area contributed by atoms with Crippen LogP contribution in [-0.2, 0) is 10.5 Å². The molecule has 21 heavy (non-hydrogen) atoms. The van der Waals surface area contributed by atoms with Crippen molar-refractivity contribution < 1.29 is 4.79 Å². The van der Waals surface area contributed by atoms with Gasteiger partial charge in [0, 0.05) is 29.0 Å². The van der Waals surface area contributed by atoms with E-state index in [9.17, 15) is 4.79 Å². The number of thioether (sulfide) groups is 1. The van der Waals surface area contributed by atoms with Crippen LogP contribution in [0.15, 0.2) is 47.9 Å². The summed E-state index contributed by atoms with van der Waals surface area (Å²) in [7, 11) is 0. The van der Waals surface area contributed by atoms with Crippen molar-refractivity contribution in [3.8, 4) is 0 Å². The molecule has 2 nitrogen and oxygen atoms in total. The van der Waals surface area contributed by atoms with Gasteiger partial charge in [-0.2, -0.15) is 11.8 Å². The van der Waals surface area contributed by atoms with Gasteiger partial charge in [0.1, 0.15) is 0 Å². The molecule has 4 heteroatoms. The predicted molar refractivity (Wildman–Crippen MR) is 93.7 cm³/mol. The van der Waals surface area contributed by atoms with E-state index in [1.54, 1.807) is 17.4 Å². The van der Waals surface area contributed by atoms with Gasteiger partial charge >= 0.3 is 0 Å². The van der Waals surface area contributed by atoms with Crippen molar-refractivity contribution in [3.05, 3.63) is 63.9 Å². The highest BCUT2D eigenvalue weighted by molar-refractivity contribution is 7.98. The summed E-state index contributed by atoms with van der Waals surface area (Å²) in [6.45, 7) is 2.79. The fourth-order valence-corrected chi connectivity index (χ4v) is 3.16. The summed E-state index contributed by atoms with van der Waals surface area (Å²) in [5.41, 5.74) is 2.61. The Morgan fingerprint density at radius 1 is 1.29 bits per heavy atom. The number of thiophene rings is 1. The lowest BCUT2D eigenvalue weighted by atomic mass is 10.2. The Labute approximate surface area is 134 Å². The van der Waals surface area contributed by atoms with Crippen LogP contribution in [0, 0.1) is 6.92 Å². The van der Waals surface area contributed by atoms with Gasteiger partial charge in [0.25, 0.3) is 0 Å². The topological polar surface area (TPSA) is 29.1 Å². The molecule has 0 aliphatic heterocycles. The number of hydrogen-bond acceptors (Lipinski definition) is 3. The van der Waals surface area contributed by atoms with Gasteiger partial charge in [0.2, 0.25) is 5.91 Å². The molecule has 1 aromatic heterocycles. The number of amides is 1. The molecular formula is C17H19NOS2. The van der Waals surface area contributed by atoms with Crippen LogP contribution >= 0.6 is 23.1 Å². The van der Waals surface area contributed by atoms with E-state index < -0.39 is 0 Å². The second-order valence-corrected chi connectivity index (χ2v) is 6.76. The molecule has 0 atom stereocenters. The molecule has 0 bridgehead atoms. The van der Waals surface area contributed by atoms with Crippen LogP contribution in [0.5, 0.6) is 0 Å². The summed E-state index contributed by atoms with van der Waals surface area (Å²) in [6, 6.07) is 12.5. The molecule has 1 amide bonds. The Morgan fingerprint density at radius 2 is 2.10 bits per heavy atom. The van der Waals surface area contributed by atoms with Crippen molar-refractivity contribution in [3.63, 3.8) is 0 Å². The minimum Gasteiger partial charge on any atom is -0.352 e. The second kappa shape index (κ2) is 8.70. The number of carbonyl (C=O) groups is 1. The van der Waals surface area contributed by atoms with Crippen molar-refractivity contribution in [2.45, 2.75) is 12.7 Å². The largest absolute Gasteiger partial charge is 0.352 e. The first-order chi connectivity index (χ1) is 10.2. The van der Waals surface area contributed by atoms with Gasteiger partial charge in [-0.3, -0.25) is 4.79 Å². The maximum Gasteiger partial charge on any atom is 0.244 e. The first-order valence-electron chi connectivity index (χ1n) is 6.87. The first-order valence-corrected chi connectivity index (χ1v) is 8.90. The molecule has 2 aromatic rings. The van der Waals surface area contributed by atoms with Crippen molar-refractivity contribution in [2.75, 3.05) is 12.3 Å². The van der Waals surface area contributed by atoms with E-state index in [4.69, 9.17) is 0 Å². The van der Waals surface area contributed by atoms with E-state index in [0.29, 0.717) is 6.54 Å². The molecule has 1 heterocycles. The Balaban J connectivity index is 1.59. The highest BCUT2D eigenvalue weighted by Gasteiger charge is 1.97. The summed E-state index contributed by atoms with van der Waals surface area (Å²) >= 11 is 3.46. The molecule has 1 N–H and O–H groups in total. The summed E-state index contributed by atoms with van der Waals surface area (Å²) in [4.78, 5) is 12.7. The molecule has 0 aliphatic rings. The number of benzene rings is 1. The van der Waals surface area contributed by atoms with Crippen LogP contribution in [0.3, 0.4) is 0 Å². The molecule has 0 aliphatic carbocycles. The average molecular weight is 317 g/mol. The maximum atomic E-state index is 11.6. The molecule has 0 radical (unpaired) electrons. The molecule has 2 rings (SSSR count). The fraction of sp³-hybridized carbons (Fsp3) is 0.235. The molecule has 1 aromatic carbocycles. The summed E-state index contributed by atoms with van der Waals surface area (Å²) in [6.07, 6.45) is 3.44. The minimum atomic E-state index is -0.0284. The van der Waals surface area contributed by atoms with Crippen LogP contribution in [0.2, 0.25) is 0 Å². The number of hydrogen-bond donors (Lipinski definition) is 1. The quantitative estimate of drug-likeness (QED) is 0.615. The highest BCUT2D eigenvalue weighted by Crippen LogP contribution is 2.12. The lowest BCUT2D eigenvalue weighted by molar-refractivity contribution is -0.116. The van der Waals surface area contributed by atoms with Gasteiger partial charge in [0.15, 0.2) is 0 Å². The zero-order chi connectivity index (χ0) is 14.9. The predicted octanol–water partition coefficient (Wildman–Crippen LogP) is 4.12. The Hall–Kier alpha value is -1.52. The summed E-state index contributed by atoms with van der Waals surface area (Å²) in [5.74, 6) is 1.88. The number of nitrogens with one attached hydrogen (secondary N) is 1. The third-order valence-corrected chi connectivity index (χ3v) is 4.74. The fourth-order valence-electron chi connectivity index (χ4n) is 1.72. The van der Waals surface area contributed by atoms with E-state index in [2.05, 4.69) is 36.5 Å². The van der Waals surface area contributed by atoms with E-state index in [1.165, 1.54) is 11.1 Å². The van der Waals surface area contributed by atoms with Crippen molar-refractivity contribution >= 4 is 35.1 Å². The number of carbonyl (C=O) groups excluding carboxylic acids is 1. The van der Waals surface area contributed by atoms with Gasteiger partial charge in [-0.15, -0.1) is 11.3 Å². The van der Waals surface area contributed by atoms with Crippen molar-refractivity contribution in [1.82, 2.24) is 5.32 Å². The molecule has 0 unspecified atom stereocenters. The van der Waals surface area contributed by atoms with Crippen LogP contribution in [0.25, 0.3) is 6.08 Å². The van der Waals surface area contributed by atoms with Crippen LogP contribution in [0.4, 0.5) is 0 Å². The molecule has 0 saturated heterocycles. The van der Waals surface area contributed by atoms with E-state index in [-0.39, 0.29) is 5.91 Å². The maximum absolute atomic E-state index is 11.6. The first kappa shape index (κ1) is 15.9. The molecule has 110 valence electrons. The van der Waals surface area contributed by atoms with Gasteiger partial charge in [0.05, 0.1) is 0 Å². The van der Waals surface area contributed by atoms with Crippen molar-refractivity contribution in [1.29, 1.82) is 0 Å². The average Bonchev–Trinajstić information content (AvgIpc) is 3.00. The van der Waals surface area contributed by atoms with Crippen molar-refractivity contribution in [2.24, 2.45) is 0 Å². The van der Waals surface area contributed by atoms with E-state index in [1.807, 2.05) is 35.4 Å². The molecular weight excluding hydrogens is 298 g/mol. The van der Waals surface area contributed by atoms with Crippen LogP contribution in [-0.4, -0.2) is 18.2 Å². The normalized spacial score (nSPS) is 10.9. The third kappa shape index (κ3) is 6.19. The zero-order valence-corrected chi connectivity index (χ0v) is 13.7. The van der Waals surface area contributed by atoms with Gasteiger partial charge in [-0.05, 0) is 30.0 Å². The van der Waals surface area contributed by atoms with Gasteiger partial charge in [-0.1, -0.05) is 35.9 Å². The zero-order valence-electron chi connectivity index (χ0n) is 12.0. The third-order valence-electron chi connectivity index (χ3n) is 2.88. The highest BCUT2D eigenvalue weighted by atomic mass is 32.2. The molecule has 0 saturated carbocycles. The van der Waals surface area contributed by atoms with Gasteiger partial charge < -0.3 is 5.32 Å². The van der Waals surface area contributed by atoms with E-state index >= 15 is 0 Å². The number of rotatable bonds is 7. The minimum absolute atomic E-state index is 0.0284. The summed E-state index contributed by atoms with van der Waals surface area (Å²) < 4.78 is 0. The van der Waals surface area contributed by atoms with Gasteiger partial charge in [-0.25, -0.2) is 0 Å². The smallest absolute Gasteiger partial charge is 0.244 e. The Bertz CT molecular complexity index is 573. The van der Waals surface area contributed by atoms with Crippen LogP contribution < -0.4 is 5.32 Å². The second-order valence-electron chi connectivity index (χ2n) is 4.68. The SMILES string of the molecule is Cc1ccc(CSCCNC(=O)/C=C/c2cccs2)cc1. The van der Waals surface area contributed by atoms with Crippen LogP contribution in [0.1, 0.15) is 16.0 Å². The van der Waals surface area contributed by atoms with E-state index in [0.717, 1.165) is 16.4 Å². The summed E-state index contributed by atoms with van der Waals surface area (Å²) in [5, 5.41) is 4.90. The standard InChI is InChI=1S/C17H19NOS2/c1-14-4-6-15(7-5-14)13-20-12-10-18-17(19)9-8-16-3-2-11-21-16/h2-9,11H,10,12-13H2,1H3,(H,18,19)/b9-8+. The molecule has 0 fully saturated rings. The monoisotopic (exact) mass is 317 g/mol. The lowest BCUT2D eigenvalue weighted by Gasteiger charge is -2.03. The Morgan fingerprint density at radius 3 is 2.81 bits per heavy atom. The number of aryl methyl sites for hydroxylation is 1.